The van der Waals surface area contributed by atoms with E-state index in [0.29, 0.717) is 0 Å². The van der Waals surface area contributed by atoms with E-state index in [-0.39, 0.29) is 31.7 Å². The molecule has 0 aromatic rings. The van der Waals surface area contributed by atoms with Crippen molar-refractivity contribution in [2.45, 2.75) is 39.9 Å². The van der Waals surface area contributed by atoms with Crippen molar-refractivity contribution in [1.29, 1.82) is 0 Å². The molecule has 0 aliphatic heterocycles. The Bertz CT molecular complexity index is 149. The minimum atomic E-state index is -3.22. The molecule has 0 aromatic heterocycles. The molecule has 0 unspecified atom stereocenters. The third-order valence-corrected chi connectivity index (χ3v) is 2.56. The van der Waals surface area contributed by atoms with Gasteiger partial charge in [0.15, 0.2) is 0 Å². The second-order valence-corrected chi connectivity index (χ2v) is 5.41. The Kier molecular flexibility index (Phi) is 8.57. The zero-order valence-corrected chi connectivity index (χ0v) is 12.6. The summed E-state index contributed by atoms with van der Waals surface area (Å²) in [4.78, 5) is 11.2. The molecule has 3 nitrogen and oxygen atoms in total. The van der Waals surface area contributed by atoms with Crippen molar-refractivity contribution in [3.8, 4) is 0 Å². The van der Waals surface area contributed by atoms with E-state index < -0.39 is 6.72 Å². The summed E-state index contributed by atoms with van der Waals surface area (Å²) in [6, 6.07) is 0. The van der Waals surface area contributed by atoms with Crippen molar-refractivity contribution in [3.05, 3.63) is 0 Å². The Morgan fingerprint density at radius 3 is 1.50 bits per heavy atom. The van der Waals surface area contributed by atoms with Crippen LogP contribution in [-0.4, -0.2) is 12.2 Å². The van der Waals surface area contributed by atoms with Crippen molar-refractivity contribution in [2.75, 3.05) is 0 Å². The Morgan fingerprint density at radius 1 is 1.08 bits per heavy atom. The van der Waals surface area contributed by atoms with Crippen molar-refractivity contribution < 1.29 is 33.4 Å². The maximum Gasteiger partial charge on any atom is 2.00 e. The van der Waals surface area contributed by atoms with Crippen molar-refractivity contribution in [2.24, 2.45) is 0 Å². The zero-order chi connectivity index (χ0) is 9.07. The largest absolute Gasteiger partial charge is 2.00 e. The first-order valence-electron chi connectivity index (χ1n) is 3.51. The number of rotatable bonds is 4. The van der Waals surface area contributed by atoms with E-state index in [0.717, 1.165) is 0 Å². The Labute approximate surface area is 91.8 Å². The van der Waals surface area contributed by atoms with Gasteiger partial charge in [-0.3, -0.25) is 0 Å². The zero-order valence-electron chi connectivity index (χ0n) is 7.94. The van der Waals surface area contributed by atoms with Crippen LogP contribution >= 0.6 is 6.72 Å². The second-order valence-electron chi connectivity index (χ2n) is 2.76. The predicted octanol–water partition coefficient (Wildman–Crippen LogP) is 1.42. The van der Waals surface area contributed by atoms with Crippen molar-refractivity contribution in [1.82, 2.24) is 0 Å². The maximum absolute atomic E-state index is 11.2. The third kappa shape index (κ3) is 9.24. The van der Waals surface area contributed by atoms with E-state index in [4.69, 9.17) is 9.05 Å². The Hall–Kier alpha value is 1.15. The van der Waals surface area contributed by atoms with E-state index in [1.165, 1.54) is 0 Å². The van der Waals surface area contributed by atoms with Crippen LogP contribution in [0.15, 0.2) is 0 Å². The fourth-order valence-electron chi connectivity index (χ4n) is 0.541. The maximum atomic E-state index is 11.2. The third-order valence-electron chi connectivity index (χ3n) is 0.680. The predicted molar refractivity (Wildman–Crippen MR) is 46.7 cm³/mol. The SMILES string of the molecule is CC(C)OP([O-])(=S)OC(C)C.[Zn+2]. The molecular weight excluding hydrogens is 248 g/mol. The molecule has 0 N–H and O–H groups in total. The van der Waals surface area contributed by atoms with Crippen LogP contribution in [0.1, 0.15) is 27.7 Å². The molecule has 6 heteroatoms. The molecule has 0 bridgehead atoms. The van der Waals surface area contributed by atoms with Gasteiger partial charge in [-0.25, -0.2) is 0 Å². The van der Waals surface area contributed by atoms with Gasteiger partial charge in [0.05, 0.1) is 12.2 Å². The molecular formula is C6H14O3PSZn+. The van der Waals surface area contributed by atoms with E-state index >= 15 is 0 Å². The summed E-state index contributed by atoms with van der Waals surface area (Å²) in [5.74, 6) is 0. The van der Waals surface area contributed by atoms with Crippen LogP contribution in [0.4, 0.5) is 0 Å². The van der Waals surface area contributed by atoms with E-state index in [1.54, 1.807) is 27.7 Å². The Balaban J connectivity index is 0. The molecule has 0 aromatic carbocycles. The van der Waals surface area contributed by atoms with E-state index in [2.05, 4.69) is 11.8 Å². The average molecular weight is 263 g/mol. The molecule has 0 rings (SSSR count). The molecule has 0 atom stereocenters. The van der Waals surface area contributed by atoms with Gasteiger partial charge in [-0.2, -0.15) is 0 Å². The van der Waals surface area contributed by atoms with Crippen molar-refractivity contribution >= 4 is 18.5 Å². The summed E-state index contributed by atoms with van der Waals surface area (Å²) in [5.41, 5.74) is 0. The molecule has 68 valence electrons. The molecule has 0 spiro atoms. The van der Waals surface area contributed by atoms with Gasteiger partial charge < -0.3 is 13.9 Å². The number of hydrogen-bond acceptors (Lipinski definition) is 4. The minimum absolute atomic E-state index is 0. The molecule has 12 heavy (non-hydrogen) atoms. The van der Waals surface area contributed by atoms with Crippen LogP contribution in [-0.2, 0) is 40.3 Å². The van der Waals surface area contributed by atoms with Gasteiger partial charge in [0.25, 0.3) is 0 Å². The minimum Gasteiger partial charge on any atom is -0.780 e. The van der Waals surface area contributed by atoms with Crippen LogP contribution in [0.5, 0.6) is 0 Å². The number of hydrogen-bond donors (Lipinski definition) is 0. The monoisotopic (exact) mass is 261 g/mol. The quantitative estimate of drug-likeness (QED) is 0.568. The standard InChI is InChI=1S/C6H15O3PS.Zn/c1-5(2)8-10(7,11)9-6(3)4;/h5-6H,1-4H3,(H,7,11);/q;+2/p-1. The van der Waals surface area contributed by atoms with Gasteiger partial charge in [-0.05, 0) is 27.7 Å². The van der Waals surface area contributed by atoms with Crippen LogP contribution in [0.2, 0.25) is 0 Å². The van der Waals surface area contributed by atoms with Gasteiger partial charge >= 0.3 is 19.5 Å². The molecule has 0 saturated carbocycles. The molecule has 0 amide bonds. The fourth-order valence-corrected chi connectivity index (χ4v) is 2.66. The van der Waals surface area contributed by atoms with E-state index in [1.807, 2.05) is 0 Å². The van der Waals surface area contributed by atoms with Crippen LogP contribution in [0.3, 0.4) is 0 Å². The first-order chi connectivity index (χ1) is 4.83. The van der Waals surface area contributed by atoms with E-state index in [9.17, 15) is 4.89 Å². The molecule has 0 fully saturated rings. The Morgan fingerprint density at radius 2 is 1.33 bits per heavy atom. The van der Waals surface area contributed by atoms with Gasteiger partial charge in [0, 0.05) is 0 Å². The first-order valence-corrected chi connectivity index (χ1v) is 6.07. The topological polar surface area (TPSA) is 41.5 Å². The molecule has 0 aliphatic carbocycles. The van der Waals surface area contributed by atoms with Gasteiger partial charge in [-0.1, -0.05) is 11.8 Å². The second kappa shape index (κ2) is 6.58. The summed E-state index contributed by atoms with van der Waals surface area (Å²) in [5, 5.41) is 0. The summed E-state index contributed by atoms with van der Waals surface area (Å²) < 4.78 is 9.79. The smallest absolute Gasteiger partial charge is 0.780 e. The summed E-state index contributed by atoms with van der Waals surface area (Å²) in [6.07, 6.45) is -0.311. The van der Waals surface area contributed by atoms with Crippen LogP contribution in [0.25, 0.3) is 0 Å². The first kappa shape index (κ1) is 15.6. The van der Waals surface area contributed by atoms with Gasteiger partial charge in [0.1, 0.15) is 6.72 Å². The average Bonchev–Trinajstić information content (AvgIpc) is 1.53. The summed E-state index contributed by atoms with van der Waals surface area (Å²) in [7, 11) is 0. The fraction of sp³-hybridized carbons (Fsp3) is 1.00. The molecule has 0 saturated heterocycles. The molecule has 0 aliphatic rings. The van der Waals surface area contributed by atoms with Crippen LogP contribution in [0, 0.1) is 0 Å². The summed E-state index contributed by atoms with van der Waals surface area (Å²) >= 11 is 4.61. The van der Waals surface area contributed by atoms with Gasteiger partial charge in [-0.15, -0.1) is 0 Å². The van der Waals surface area contributed by atoms with Crippen molar-refractivity contribution in [3.63, 3.8) is 0 Å². The molecule has 0 heterocycles. The van der Waals surface area contributed by atoms with Crippen LogP contribution < -0.4 is 4.89 Å². The molecule has 0 radical (unpaired) electrons. The normalized spacial score (nSPS) is 11.9. The summed E-state index contributed by atoms with van der Waals surface area (Å²) in [6.45, 7) is 3.84. The van der Waals surface area contributed by atoms with Gasteiger partial charge in [0.2, 0.25) is 0 Å².